The van der Waals surface area contributed by atoms with Crippen molar-refractivity contribution in [2.45, 2.75) is 19.4 Å². The van der Waals surface area contributed by atoms with Gasteiger partial charge in [0.15, 0.2) is 0 Å². The molecular weight excluding hydrogens is 234 g/mol. The molecule has 0 heterocycles. The van der Waals surface area contributed by atoms with Gasteiger partial charge < -0.3 is 15.5 Å². The molecule has 1 amide bonds. The second-order valence-corrected chi connectivity index (χ2v) is 4.61. The third-order valence-electron chi connectivity index (χ3n) is 3.17. The van der Waals surface area contributed by atoms with E-state index < -0.39 is 17.8 Å². The third-order valence-corrected chi connectivity index (χ3v) is 3.17. The van der Waals surface area contributed by atoms with Gasteiger partial charge in [0, 0.05) is 0 Å². The molecule has 3 atom stereocenters. The van der Waals surface area contributed by atoms with E-state index in [-0.39, 0.29) is 17.7 Å². The highest BCUT2D eigenvalue weighted by Gasteiger charge is 2.48. The van der Waals surface area contributed by atoms with E-state index in [1.807, 2.05) is 0 Å². The van der Waals surface area contributed by atoms with Crippen molar-refractivity contribution in [2.24, 2.45) is 11.8 Å². The molecule has 0 spiro atoms. The minimum atomic E-state index is -0.917. The Morgan fingerprint density at radius 3 is 2.67 bits per heavy atom. The summed E-state index contributed by atoms with van der Waals surface area (Å²) in [4.78, 5) is 22.4. The Hall–Kier alpha value is -2.04. The highest BCUT2D eigenvalue weighted by molar-refractivity contribution is 5.89. The van der Waals surface area contributed by atoms with Crippen LogP contribution in [0.25, 0.3) is 0 Å². The summed E-state index contributed by atoms with van der Waals surface area (Å²) in [6.07, 6.45) is 0.411. The predicted molar refractivity (Wildman–Crippen MR) is 63.9 cm³/mol. The molecule has 5 heteroatoms. The summed E-state index contributed by atoms with van der Waals surface area (Å²) in [6, 6.07) is 6.38. The molecule has 1 aromatic carbocycles. The summed E-state index contributed by atoms with van der Waals surface area (Å²) in [5.41, 5.74) is 0.788. The molecule has 1 saturated carbocycles. The Labute approximate surface area is 104 Å². The summed E-state index contributed by atoms with van der Waals surface area (Å²) >= 11 is 0. The van der Waals surface area contributed by atoms with Crippen molar-refractivity contribution >= 4 is 11.9 Å². The Morgan fingerprint density at radius 1 is 1.39 bits per heavy atom. The van der Waals surface area contributed by atoms with Crippen LogP contribution in [-0.4, -0.2) is 22.1 Å². The Balaban J connectivity index is 1.94. The molecule has 0 aromatic heterocycles. The summed E-state index contributed by atoms with van der Waals surface area (Å²) < 4.78 is 0. The molecule has 5 nitrogen and oxygen atoms in total. The summed E-state index contributed by atoms with van der Waals surface area (Å²) in [5.74, 6) is -1.97. The van der Waals surface area contributed by atoms with Gasteiger partial charge in [-0.2, -0.15) is 0 Å². The third kappa shape index (κ3) is 2.61. The fourth-order valence-corrected chi connectivity index (χ4v) is 1.96. The van der Waals surface area contributed by atoms with E-state index in [0.29, 0.717) is 6.42 Å². The van der Waals surface area contributed by atoms with Gasteiger partial charge in [-0.25, -0.2) is 0 Å². The number of carbonyl (C=O) groups is 2. The van der Waals surface area contributed by atoms with Gasteiger partial charge in [0.1, 0.15) is 5.75 Å². The molecule has 1 aliphatic rings. The van der Waals surface area contributed by atoms with Crippen molar-refractivity contribution in [3.05, 3.63) is 29.8 Å². The molecule has 2 rings (SSSR count). The van der Waals surface area contributed by atoms with Crippen LogP contribution in [0.2, 0.25) is 0 Å². The van der Waals surface area contributed by atoms with Gasteiger partial charge in [0.2, 0.25) is 5.91 Å². The van der Waals surface area contributed by atoms with Crippen LogP contribution < -0.4 is 5.32 Å². The monoisotopic (exact) mass is 249 g/mol. The van der Waals surface area contributed by atoms with Crippen molar-refractivity contribution < 1.29 is 19.8 Å². The molecule has 18 heavy (non-hydrogen) atoms. The zero-order valence-corrected chi connectivity index (χ0v) is 9.96. The quantitative estimate of drug-likeness (QED) is 0.750. The highest BCUT2D eigenvalue weighted by atomic mass is 16.4. The first-order chi connectivity index (χ1) is 8.49. The van der Waals surface area contributed by atoms with Crippen LogP contribution in [0.3, 0.4) is 0 Å². The number of benzene rings is 1. The molecule has 0 radical (unpaired) electrons. The lowest BCUT2D eigenvalue weighted by molar-refractivity contribution is -0.140. The van der Waals surface area contributed by atoms with Gasteiger partial charge in [-0.15, -0.1) is 0 Å². The number of aromatic hydroxyl groups is 1. The van der Waals surface area contributed by atoms with E-state index in [4.69, 9.17) is 5.11 Å². The molecule has 1 aromatic rings. The van der Waals surface area contributed by atoms with Crippen molar-refractivity contribution in [2.75, 3.05) is 0 Å². The smallest absolute Gasteiger partial charge is 0.307 e. The molecule has 0 bridgehead atoms. The van der Waals surface area contributed by atoms with Gasteiger partial charge in [-0.1, -0.05) is 12.1 Å². The van der Waals surface area contributed by atoms with E-state index in [0.717, 1.165) is 5.56 Å². The number of amides is 1. The first-order valence-corrected chi connectivity index (χ1v) is 5.81. The maximum atomic E-state index is 11.8. The maximum absolute atomic E-state index is 11.8. The number of carboxylic acid groups (broad SMARTS) is 1. The SMILES string of the molecule is CC(NC(=O)[C@@H]1C[C@@H]1C(=O)O)c1cccc(O)c1. The maximum Gasteiger partial charge on any atom is 0.307 e. The van der Waals surface area contributed by atoms with E-state index in [9.17, 15) is 14.7 Å². The molecule has 0 saturated heterocycles. The fourth-order valence-electron chi connectivity index (χ4n) is 1.96. The molecular formula is C13H15NO4. The number of phenolic OH excluding ortho intramolecular Hbond substituents is 1. The normalized spacial score (nSPS) is 23.2. The Bertz CT molecular complexity index is 486. The summed E-state index contributed by atoms with van der Waals surface area (Å²) in [7, 11) is 0. The van der Waals surface area contributed by atoms with Crippen LogP contribution in [-0.2, 0) is 9.59 Å². The second kappa shape index (κ2) is 4.68. The van der Waals surface area contributed by atoms with Gasteiger partial charge in [0.05, 0.1) is 17.9 Å². The zero-order valence-electron chi connectivity index (χ0n) is 9.96. The van der Waals surface area contributed by atoms with Gasteiger partial charge in [0.25, 0.3) is 0 Å². The lowest BCUT2D eigenvalue weighted by Crippen LogP contribution is -2.29. The first-order valence-electron chi connectivity index (χ1n) is 5.81. The van der Waals surface area contributed by atoms with Crippen molar-refractivity contribution in [3.8, 4) is 5.75 Å². The van der Waals surface area contributed by atoms with E-state index >= 15 is 0 Å². The van der Waals surface area contributed by atoms with Gasteiger partial charge >= 0.3 is 5.97 Å². The minimum Gasteiger partial charge on any atom is -0.508 e. The molecule has 1 aliphatic carbocycles. The topological polar surface area (TPSA) is 86.6 Å². The molecule has 0 aliphatic heterocycles. The largest absolute Gasteiger partial charge is 0.508 e. The standard InChI is InChI=1S/C13H15NO4/c1-7(8-3-2-4-9(15)5-8)14-12(16)10-6-11(10)13(17)18/h2-5,7,10-11,15H,6H2,1H3,(H,14,16)(H,17,18)/t7?,10-,11+/m1/s1. The number of nitrogens with one attached hydrogen (secondary N) is 1. The molecule has 1 fully saturated rings. The van der Waals surface area contributed by atoms with Crippen LogP contribution >= 0.6 is 0 Å². The Kier molecular flexibility index (Phi) is 3.23. The van der Waals surface area contributed by atoms with Gasteiger partial charge in [-0.05, 0) is 31.0 Å². The van der Waals surface area contributed by atoms with E-state index in [1.54, 1.807) is 31.2 Å². The Morgan fingerprint density at radius 2 is 2.11 bits per heavy atom. The van der Waals surface area contributed by atoms with Crippen LogP contribution in [0, 0.1) is 11.8 Å². The van der Waals surface area contributed by atoms with Crippen LogP contribution in [0.4, 0.5) is 0 Å². The average molecular weight is 249 g/mol. The van der Waals surface area contributed by atoms with Crippen molar-refractivity contribution in [1.82, 2.24) is 5.32 Å². The number of aliphatic carboxylic acids is 1. The number of carboxylic acids is 1. The van der Waals surface area contributed by atoms with E-state index in [2.05, 4.69) is 5.32 Å². The predicted octanol–water partition coefficient (Wildman–Crippen LogP) is 1.29. The molecule has 1 unspecified atom stereocenters. The van der Waals surface area contributed by atoms with E-state index in [1.165, 1.54) is 0 Å². The highest BCUT2D eigenvalue weighted by Crippen LogP contribution is 2.39. The van der Waals surface area contributed by atoms with Gasteiger partial charge in [-0.3, -0.25) is 9.59 Å². The van der Waals surface area contributed by atoms with Crippen LogP contribution in [0.5, 0.6) is 5.75 Å². The first kappa shape index (κ1) is 12.4. The minimum absolute atomic E-state index is 0.142. The van der Waals surface area contributed by atoms with Crippen molar-refractivity contribution in [1.29, 1.82) is 0 Å². The molecule has 3 N–H and O–H groups in total. The number of hydrogen-bond donors (Lipinski definition) is 3. The summed E-state index contributed by atoms with van der Waals surface area (Å²) in [5, 5.41) is 20.8. The average Bonchev–Trinajstić information content (AvgIpc) is 3.08. The summed E-state index contributed by atoms with van der Waals surface area (Å²) in [6.45, 7) is 1.80. The fraction of sp³-hybridized carbons (Fsp3) is 0.385. The van der Waals surface area contributed by atoms with Crippen LogP contribution in [0.1, 0.15) is 24.9 Å². The second-order valence-electron chi connectivity index (χ2n) is 4.61. The molecule has 96 valence electrons. The number of hydrogen-bond acceptors (Lipinski definition) is 3. The zero-order chi connectivity index (χ0) is 13.3. The number of carbonyl (C=O) groups excluding carboxylic acids is 1. The number of rotatable bonds is 4. The number of phenols is 1. The lowest BCUT2D eigenvalue weighted by Gasteiger charge is -2.14. The van der Waals surface area contributed by atoms with Crippen LogP contribution in [0.15, 0.2) is 24.3 Å². The van der Waals surface area contributed by atoms with Crippen molar-refractivity contribution in [3.63, 3.8) is 0 Å². The lowest BCUT2D eigenvalue weighted by atomic mass is 10.1.